The van der Waals surface area contributed by atoms with Gasteiger partial charge in [-0.1, -0.05) is 0 Å². The highest BCUT2D eigenvalue weighted by atomic mass is 32.1. The lowest BCUT2D eigenvalue weighted by Crippen LogP contribution is -2.47. The number of rotatable bonds is 4. The highest BCUT2D eigenvalue weighted by molar-refractivity contribution is 7.10. The van der Waals surface area contributed by atoms with Crippen molar-refractivity contribution in [3.05, 3.63) is 21.9 Å². The van der Waals surface area contributed by atoms with E-state index in [0.29, 0.717) is 0 Å². The summed E-state index contributed by atoms with van der Waals surface area (Å²) < 4.78 is 0. The number of carbonyl (C=O) groups is 1. The van der Waals surface area contributed by atoms with E-state index in [1.165, 1.54) is 10.4 Å². The van der Waals surface area contributed by atoms with E-state index in [0.717, 1.165) is 32.7 Å². The van der Waals surface area contributed by atoms with Crippen molar-refractivity contribution in [1.82, 2.24) is 9.80 Å². The van der Waals surface area contributed by atoms with E-state index >= 15 is 0 Å². The summed E-state index contributed by atoms with van der Waals surface area (Å²) in [5.41, 5.74) is 1.36. The van der Waals surface area contributed by atoms with Crippen molar-refractivity contribution in [2.45, 2.75) is 13.5 Å². The van der Waals surface area contributed by atoms with Crippen molar-refractivity contribution in [3.63, 3.8) is 0 Å². The van der Waals surface area contributed by atoms with Crippen LogP contribution < -0.4 is 0 Å². The van der Waals surface area contributed by atoms with Crippen LogP contribution in [0.3, 0.4) is 0 Å². The molecule has 0 saturated carbocycles. The van der Waals surface area contributed by atoms with Crippen LogP contribution in [-0.4, -0.2) is 53.6 Å². The fourth-order valence-corrected chi connectivity index (χ4v) is 3.01. The van der Waals surface area contributed by atoms with E-state index in [1.54, 1.807) is 11.3 Å². The molecule has 0 aromatic carbocycles. The van der Waals surface area contributed by atoms with Crippen LogP contribution in [0.25, 0.3) is 0 Å². The van der Waals surface area contributed by atoms with Gasteiger partial charge in [0.25, 0.3) is 0 Å². The molecule has 2 heterocycles. The number of thiophene rings is 1. The molecule has 0 amide bonds. The van der Waals surface area contributed by atoms with Crippen molar-refractivity contribution in [2.75, 3.05) is 32.7 Å². The van der Waals surface area contributed by atoms with E-state index in [9.17, 15) is 4.79 Å². The second kappa shape index (κ2) is 5.62. The van der Waals surface area contributed by atoms with Crippen molar-refractivity contribution in [3.8, 4) is 0 Å². The largest absolute Gasteiger partial charge is 0.480 e. The highest BCUT2D eigenvalue weighted by Crippen LogP contribution is 2.18. The predicted molar refractivity (Wildman–Crippen MR) is 68.4 cm³/mol. The van der Waals surface area contributed by atoms with Gasteiger partial charge in [-0.15, -0.1) is 11.3 Å². The lowest BCUT2D eigenvalue weighted by Gasteiger charge is -2.33. The van der Waals surface area contributed by atoms with Gasteiger partial charge in [-0.3, -0.25) is 14.6 Å². The van der Waals surface area contributed by atoms with Gasteiger partial charge in [-0.25, -0.2) is 0 Å². The fraction of sp³-hybridized carbons (Fsp3) is 0.583. The topological polar surface area (TPSA) is 43.8 Å². The lowest BCUT2D eigenvalue weighted by molar-refractivity contribution is -0.138. The molecule has 4 nitrogen and oxygen atoms in total. The van der Waals surface area contributed by atoms with Crippen molar-refractivity contribution >= 4 is 17.3 Å². The minimum atomic E-state index is -0.729. The quantitative estimate of drug-likeness (QED) is 0.878. The summed E-state index contributed by atoms with van der Waals surface area (Å²) in [6.07, 6.45) is 0. The number of hydrogen-bond acceptors (Lipinski definition) is 4. The Hall–Kier alpha value is -0.910. The molecule has 0 unspecified atom stereocenters. The van der Waals surface area contributed by atoms with Crippen LogP contribution in [0.15, 0.2) is 11.4 Å². The zero-order valence-electron chi connectivity index (χ0n) is 10.1. The van der Waals surface area contributed by atoms with Gasteiger partial charge in [0.15, 0.2) is 0 Å². The molecule has 1 saturated heterocycles. The minimum Gasteiger partial charge on any atom is -0.480 e. The molecule has 0 atom stereocenters. The Labute approximate surface area is 105 Å². The summed E-state index contributed by atoms with van der Waals surface area (Å²) in [5.74, 6) is -0.729. The zero-order valence-corrected chi connectivity index (χ0v) is 10.9. The van der Waals surface area contributed by atoms with Gasteiger partial charge in [-0.05, 0) is 23.9 Å². The summed E-state index contributed by atoms with van der Waals surface area (Å²) in [6, 6.07) is 2.15. The molecular weight excluding hydrogens is 236 g/mol. The number of aryl methyl sites for hydroxylation is 1. The first-order valence-corrected chi connectivity index (χ1v) is 6.72. The molecule has 0 spiro atoms. The average molecular weight is 254 g/mol. The summed E-state index contributed by atoms with van der Waals surface area (Å²) in [6.45, 7) is 6.96. The smallest absolute Gasteiger partial charge is 0.317 e. The molecule has 1 aliphatic heterocycles. The number of nitrogens with zero attached hydrogens (tertiary/aromatic N) is 2. The van der Waals surface area contributed by atoms with Crippen molar-refractivity contribution in [2.24, 2.45) is 0 Å². The predicted octanol–water partition coefficient (Wildman–Crippen LogP) is 1.26. The maximum Gasteiger partial charge on any atom is 0.317 e. The zero-order chi connectivity index (χ0) is 12.3. The molecule has 5 heteroatoms. The van der Waals surface area contributed by atoms with Gasteiger partial charge in [0, 0.05) is 37.6 Å². The van der Waals surface area contributed by atoms with Crippen LogP contribution >= 0.6 is 11.3 Å². The van der Waals surface area contributed by atoms with E-state index in [1.807, 2.05) is 4.90 Å². The van der Waals surface area contributed by atoms with E-state index < -0.39 is 5.97 Å². The second-order valence-electron chi connectivity index (χ2n) is 4.47. The maximum absolute atomic E-state index is 10.6. The third-order valence-corrected chi connectivity index (χ3v) is 4.17. The molecule has 1 aliphatic rings. The monoisotopic (exact) mass is 254 g/mol. The van der Waals surface area contributed by atoms with Gasteiger partial charge < -0.3 is 5.11 Å². The van der Waals surface area contributed by atoms with Crippen LogP contribution in [0.1, 0.15) is 10.4 Å². The first-order valence-electron chi connectivity index (χ1n) is 5.84. The maximum atomic E-state index is 10.6. The molecule has 0 radical (unpaired) electrons. The van der Waals surface area contributed by atoms with Gasteiger partial charge in [0.2, 0.25) is 0 Å². The molecule has 17 heavy (non-hydrogen) atoms. The van der Waals surface area contributed by atoms with Crippen LogP contribution in [0, 0.1) is 6.92 Å². The van der Waals surface area contributed by atoms with Gasteiger partial charge in [0.1, 0.15) is 0 Å². The number of carboxylic acids is 1. The number of aliphatic carboxylic acids is 1. The second-order valence-corrected chi connectivity index (χ2v) is 5.47. The van der Waals surface area contributed by atoms with Gasteiger partial charge in [0.05, 0.1) is 6.54 Å². The third-order valence-electron chi connectivity index (χ3n) is 3.16. The molecule has 1 aromatic rings. The van der Waals surface area contributed by atoms with Crippen LogP contribution in [-0.2, 0) is 11.3 Å². The summed E-state index contributed by atoms with van der Waals surface area (Å²) in [4.78, 5) is 16.4. The van der Waals surface area contributed by atoms with Crippen molar-refractivity contribution < 1.29 is 9.90 Å². The molecule has 94 valence electrons. The number of hydrogen-bond donors (Lipinski definition) is 1. The minimum absolute atomic E-state index is 0.172. The Morgan fingerprint density at radius 2 is 2.00 bits per heavy atom. The van der Waals surface area contributed by atoms with Crippen molar-refractivity contribution in [1.29, 1.82) is 0 Å². The molecule has 0 aliphatic carbocycles. The number of carboxylic acid groups (broad SMARTS) is 1. The van der Waals surface area contributed by atoms with E-state index in [2.05, 4.69) is 23.3 Å². The van der Waals surface area contributed by atoms with Crippen LogP contribution in [0.2, 0.25) is 0 Å². The summed E-state index contributed by atoms with van der Waals surface area (Å²) in [7, 11) is 0. The molecule has 0 bridgehead atoms. The number of piperazine rings is 1. The first-order chi connectivity index (χ1) is 8.15. The Morgan fingerprint density at radius 3 is 2.53 bits per heavy atom. The fourth-order valence-electron chi connectivity index (χ4n) is 2.07. The molecule has 2 rings (SSSR count). The normalized spacial score (nSPS) is 18.4. The average Bonchev–Trinajstić information content (AvgIpc) is 2.67. The Balaban J connectivity index is 1.79. The Kier molecular flexibility index (Phi) is 4.15. The lowest BCUT2D eigenvalue weighted by atomic mass is 10.2. The molecule has 1 aromatic heterocycles. The molecule has 1 N–H and O–H groups in total. The highest BCUT2D eigenvalue weighted by Gasteiger charge is 2.19. The molecule has 1 fully saturated rings. The van der Waals surface area contributed by atoms with Gasteiger partial charge >= 0.3 is 5.97 Å². The standard InChI is InChI=1S/C12H18N2O2S/c1-10-2-7-17-11(10)8-13-3-5-14(6-4-13)9-12(15)16/h2,7H,3-6,8-9H2,1H3,(H,15,16). The van der Waals surface area contributed by atoms with E-state index in [4.69, 9.17) is 5.11 Å². The van der Waals surface area contributed by atoms with Crippen LogP contribution in [0.5, 0.6) is 0 Å². The Bertz CT molecular complexity index is 384. The first kappa shape index (κ1) is 12.5. The molecular formula is C12H18N2O2S. The summed E-state index contributed by atoms with van der Waals surface area (Å²) in [5, 5.41) is 10.9. The van der Waals surface area contributed by atoms with Gasteiger partial charge in [-0.2, -0.15) is 0 Å². The SMILES string of the molecule is Cc1ccsc1CN1CCN(CC(=O)O)CC1. The van der Waals surface area contributed by atoms with Crippen LogP contribution in [0.4, 0.5) is 0 Å². The summed E-state index contributed by atoms with van der Waals surface area (Å²) >= 11 is 1.81. The van der Waals surface area contributed by atoms with E-state index in [-0.39, 0.29) is 6.54 Å². The Morgan fingerprint density at radius 1 is 1.35 bits per heavy atom. The third kappa shape index (κ3) is 3.52.